The van der Waals surface area contributed by atoms with Crippen LogP contribution in [0.3, 0.4) is 0 Å². The molecule has 1 aromatic carbocycles. The fraction of sp³-hybridized carbons (Fsp3) is 0.429. The molecule has 23 heavy (non-hydrogen) atoms. The van der Waals surface area contributed by atoms with Crippen molar-refractivity contribution in [2.75, 3.05) is 31.6 Å². The molecule has 130 valence electrons. The Morgan fingerprint density at radius 1 is 1.35 bits per heavy atom. The zero-order valence-electron chi connectivity index (χ0n) is 12.8. The molecule has 0 aliphatic rings. The van der Waals surface area contributed by atoms with Gasteiger partial charge in [-0.3, -0.25) is 4.79 Å². The second-order valence-corrected chi connectivity index (χ2v) is 4.36. The van der Waals surface area contributed by atoms with Crippen molar-refractivity contribution in [1.82, 2.24) is 5.32 Å². The van der Waals surface area contributed by atoms with E-state index in [0.29, 0.717) is 19.8 Å². The molecule has 0 saturated carbocycles. The number of guanidine groups is 1. The highest BCUT2D eigenvalue weighted by molar-refractivity contribution is 8.93. The molecule has 0 aliphatic carbocycles. The van der Waals surface area contributed by atoms with Gasteiger partial charge in [-0.15, -0.1) is 17.0 Å². The Balaban J connectivity index is 0.00000484. The van der Waals surface area contributed by atoms with Gasteiger partial charge in [0.15, 0.2) is 17.6 Å². The van der Waals surface area contributed by atoms with Crippen LogP contribution in [0.2, 0.25) is 0 Å². The molecule has 1 aromatic rings. The lowest BCUT2D eigenvalue weighted by molar-refractivity contribution is -0.114. The Bertz CT molecular complexity index is 529. The Labute approximate surface area is 144 Å². The molecule has 0 radical (unpaired) electrons. The summed E-state index contributed by atoms with van der Waals surface area (Å²) in [4.78, 5) is 15.4. The van der Waals surface area contributed by atoms with Gasteiger partial charge in [0.25, 0.3) is 0 Å². The van der Waals surface area contributed by atoms with Crippen LogP contribution in [0.1, 0.15) is 13.3 Å². The zero-order valence-corrected chi connectivity index (χ0v) is 14.5. The predicted octanol–water partition coefficient (Wildman–Crippen LogP) is 1.81. The van der Waals surface area contributed by atoms with Gasteiger partial charge in [-0.1, -0.05) is 0 Å². The summed E-state index contributed by atoms with van der Waals surface area (Å²) in [6, 6.07) is 3.09. The molecular formula is C14H21BrF2N4O2. The van der Waals surface area contributed by atoms with Crippen LogP contribution < -0.4 is 16.4 Å². The average molecular weight is 395 g/mol. The molecule has 9 heteroatoms. The maximum absolute atomic E-state index is 13.0. The van der Waals surface area contributed by atoms with Gasteiger partial charge in [-0.2, -0.15) is 0 Å². The van der Waals surface area contributed by atoms with E-state index in [2.05, 4.69) is 15.6 Å². The standard InChI is InChI=1S/C14H20F2N4O2.BrH/c1-2-22-7-3-6-18-14(17)19-9-13(21)20-10-4-5-11(15)12(16)8-10;/h4-5,8H,2-3,6-7,9H2,1H3,(H,20,21)(H3,17,18,19);1H. The third kappa shape index (κ3) is 9.09. The molecule has 0 atom stereocenters. The SMILES string of the molecule is Br.CCOCCCNC(N)=NCC(=O)Nc1ccc(F)c(F)c1. The van der Waals surface area contributed by atoms with Crippen molar-refractivity contribution in [3.63, 3.8) is 0 Å². The van der Waals surface area contributed by atoms with Gasteiger partial charge in [0.1, 0.15) is 6.54 Å². The lowest BCUT2D eigenvalue weighted by atomic mass is 10.3. The number of halogens is 3. The van der Waals surface area contributed by atoms with E-state index in [-0.39, 0.29) is 35.2 Å². The van der Waals surface area contributed by atoms with Crippen molar-refractivity contribution in [3.8, 4) is 0 Å². The molecule has 0 aliphatic heterocycles. The number of anilines is 1. The monoisotopic (exact) mass is 394 g/mol. The minimum absolute atomic E-state index is 0. The van der Waals surface area contributed by atoms with Crippen LogP contribution in [0, 0.1) is 11.6 Å². The molecule has 0 spiro atoms. The van der Waals surface area contributed by atoms with E-state index >= 15 is 0 Å². The molecule has 1 amide bonds. The number of hydrogen-bond donors (Lipinski definition) is 3. The highest BCUT2D eigenvalue weighted by Crippen LogP contribution is 2.12. The number of benzene rings is 1. The third-order valence-electron chi connectivity index (χ3n) is 2.57. The van der Waals surface area contributed by atoms with E-state index < -0.39 is 17.5 Å². The maximum Gasteiger partial charge on any atom is 0.246 e. The maximum atomic E-state index is 13.0. The number of carbonyl (C=O) groups excluding carboxylic acids is 1. The van der Waals surface area contributed by atoms with Crippen molar-refractivity contribution >= 4 is 34.5 Å². The van der Waals surface area contributed by atoms with Crippen molar-refractivity contribution in [3.05, 3.63) is 29.8 Å². The van der Waals surface area contributed by atoms with Gasteiger partial charge in [0.05, 0.1) is 0 Å². The molecular weight excluding hydrogens is 374 g/mol. The fourth-order valence-electron chi connectivity index (χ4n) is 1.52. The predicted molar refractivity (Wildman–Crippen MR) is 90.9 cm³/mol. The third-order valence-corrected chi connectivity index (χ3v) is 2.57. The second-order valence-electron chi connectivity index (χ2n) is 4.36. The van der Waals surface area contributed by atoms with Gasteiger partial charge >= 0.3 is 0 Å². The summed E-state index contributed by atoms with van der Waals surface area (Å²) in [6.07, 6.45) is 0.769. The molecule has 0 bridgehead atoms. The number of nitrogens with two attached hydrogens (primary N) is 1. The van der Waals surface area contributed by atoms with Crippen LogP contribution in [0.25, 0.3) is 0 Å². The van der Waals surface area contributed by atoms with Crippen molar-refractivity contribution < 1.29 is 18.3 Å². The van der Waals surface area contributed by atoms with Gasteiger partial charge in [-0.25, -0.2) is 13.8 Å². The van der Waals surface area contributed by atoms with Gasteiger partial charge in [0, 0.05) is 31.5 Å². The first-order chi connectivity index (χ1) is 10.5. The molecule has 1 rings (SSSR count). The van der Waals surface area contributed by atoms with Crippen LogP contribution in [0.4, 0.5) is 14.5 Å². The van der Waals surface area contributed by atoms with Gasteiger partial charge < -0.3 is 21.1 Å². The van der Waals surface area contributed by atoms with Crippen molar-refractivity contribution in [2.45, 2.75) is 13.3 Å². The molecule has 0 aromatic heterocycles. The number of rotatable bonds is 8. The highest BCUT2D eigenvalue weighted by atomic mass is 79.9. The van der Waals surface area contributed by atoms with Crippen LogP contribution in [0.5, 0.6) is 0 Å². The molecule has 0 heterocycles. The second kappa shape index (κ2) is 11.8. The number of ether oxygens (including phenoxy) is 1. The minimum Gasteiger partial charge on any atom is -0.382 e. The Morgan fingerprint density at radius 3 is 2.74 bits per heavy atom. The average Bonchev–Trinajstić information content (AvgIpc) is 2.49. The summed E-state index contributed by atoms with van der Waals surface area (Å²) < 4.78 is 30.9. The largest absolute Gasteiger partial charge is 0.382 e. The number of aliphatic imine (C=N–C) groups is 1. The first-order valence-electron chi connectivity index (χ1n) is 6.89. The lowest BCUT2D eigenvalue weighted by Gasteiger charge is -2.06. The van der Waals surface area contributed by atoms with Crippen LogP contribution in [-0.4, -0.2) is 38.2 Å². The van der Waals surface area contributed by atoms with Crippen molar-refractivity contribution in [2.24, 2.45) is 10.7 Å². The van der Waals surface area contributed by atoms with Crippen LogP contribution >= 0.6 is 17.0 Å². The van der Waals surface area contributed by atoms with Crippen LogP contribution in [-0.2, 0) is 9.53 Å². The first kappa shape index (κ1) is 21.3. The van der Waals surface area contributed by atoms with E-state index in [0.717, 1.165) is 18.6 Å². The Hall–Kier alpha value is -1.74. The number of nitrogens with one attached hydrogen (secondary N) is 2. The summed E-state index contributed by atoms with van der Waals surface area (Å²) in [5.41, 5.74) is 5.74. The molecule has 0 saturated heterocycles. The van der Waals surface area contributed by atoms with E-state index in [4.69, 9.17) is 10.5 Å². The first-order valence-corrected chi connectivity index (χ1v) is 6.89. The van der Waals surface area contributed by atoms with E-state index in [1.807, 2.05) is 6.92 Å². The molecule has 0 fully saturated rings. The van der Waals surface area contributed by atoms with Gasteiger partial charge in [0.2, 0.25) is 5.91 Å². The van der Waals surface area contributed by atoms with Crippen molar-refractivity contribution in [1.29, 1.82) is 0 Å². The number of nitrogens with zero attached hydrogens (tertiary/aromatic N) is 1. The topological polar surface area (TPSA) is 88.7 Å². The number of hydrogen-bond acceptors (Lipinski definition) is 3. The fourth-order valence-corrected chi connectivity index (χ4v) is 1.52. The number of amides is 1. The lowest BCUT2D eigenvalue weighted by Crippen LogP contribution is -2.34. The molecule has 4 N–H and O–H groups in total. The summed E-state index contributed by atoms with van der Waals surface area (Å²) >= 11 is 0. The normalized spacial score (nSPS) is 10.8. The van der Waals surface area contributed by atoms with Gasteiger partial charge in [-0.05, 0) is 25.5 Å². The smallest absolute Gasteiger partial charge is 0.246 e. The van der Waals surface area contributed by atoms with E-state index in [9.17, 15) is 13.6 Å². The van der Waals surface area contributed by atoms with E-state index in [1.54, 1.807) is 0 Å². The van der Waals surface area contributed by atoms with Crippen LogP contribution in [0.15, 0.2) is 23.2 Å². The quantitative estimate of drug-likeness (QED) is 0.356. The minimum atomic E-state index is -1.03. The Morgan fingerprint density at radius 2 is 2.09 bits per heavy atom. The summed E-state index contributed by atoms with van der Waals surface area (Å²) in [5, 5.41) is 5.23. The summed E-state index contributed by atoms with van der Waals surface area (Å²) in [6.45, 7) is 3.55. The summed E-state index contributed by atoms with van der Waals surface area (Å²) in [5.74, 6) is -2.35. The molecule has 0 unspecified atom stereocenters. The highest BCUT2D eigenvalue weighted by Gasteiger charge is 2.05. The Kier molecular flexibility index (Phi) is 10.9. The zero-order chi connectivity index (χ0) is 16.4. The molecule has 6 nitrogen and oxygen atoms in total. The summed E-state index contributed by atoms with van der Waals surface area (Å²) in [7, 11) is 0. The number of carbonyl (C=O) groups is 1. The van der Waals surface area contributed by atoms with E-state index in [1.165, 1.54) is 6.07 Å².